The molecular formula is C18H29N5O2. The van der Waals surface area contributed by atoms with Crippen molar-refractivity contribution < 1.29 is 4.79 Å². The Kier molecular flexibility index (Phi) is 5.13. The van der Waals surface area contributed by atoms with Crippen LogP contribution in [0.5, 0.6) is 0 Å². The van der Waals surface area contributed by atoms with E-state index in [1.54, 1.807) is 19.3 Å². The van der Waals surface area contributed by atoms with Crippen LogP contribution in [0.1, 0.15) is 33.1 Å². The Morgan fingerprint density at radius 1 is 1.32 bits per heavy atom. The monoisotopic (exact) mass is 347 g/mol. The highest BCUT2D eigenvalue weighted by atomic mass is 16.2. The third-order valence-electron chi connectivity index (χ3n) is 5.61. The third kappa shape index (κ3) is 3.86. The fraction of sp³-hybridized carbons (Fsp3) is 0.722. The smallest absolute Gasteiger partial charge is 0.268 e. The summed E-state index contributed by atoms with van der Waals surface area (Å²) in [6, 6.07) is 1.63. The summed E-state index contributed by atoms with van der Waals surface area (Å²) in [4.78, 5) is 28.8. The topological polar surface area (TPSA) is 70.5 Å². The summed E-state index contributed by atoms with van der Waals surface area (Å²) in [5.74, 6) is 0.519. The molecule has 3 rings (SSSR count). The van der Waals surface area contributed by atoms with Gasteiger partial charge in [-0.3, -0.25) is 14.5 Å². The van der Waals surface area contributed by atoms with Crippen LogP contribution in [0.2, 0.25) is 0 Å². The molecule has 1 aromatic heterocycles. The van der Waals surface area contributed by atoms with Gasteiger partial charge in [-0.25, -0.2) is 4.68 Å². The quantitative estimate of drug-likeness (QED) is 0.844. The van der Waals surface area contributed by atoms with Crippen molar-refractivity contribution in [3.05, 3.63) is 22.6 Å². The maximum Gasteiger partial charge on any atom is 0.268 e. The predicted octanol–water partition coefficient (Wildman–Crippen LogP) is 0.597. The van der Waals surface area contributed by atoms with Gasteiger partial charge >= 0.3 is 0 Å². The molecule has 0 aromatic carbocycles. The summed E-state index contributed by atoms with van der Waals surface area (Å²) in [7, 11) is 1.65. The van der Waals surface area contributed by atoms with Crippen LogP contribution in [-0.2, 0) is 11.8 Å². The second-order valence-corrected chi connectivity index (χ2v) is 7.74. The zero-order valence-electron chi connectivity index (χ0n) is 15.5. The number of likely N-dealkylation sites (tertiary alicyclic amines) is 1. The first-order valence-corrected chi connectivity index (χ1v) is 9.19. The van der Waals surface area contributed by atoms with E-state index >= 15 is 0 Å². The minimum atomic E-state index is -0.440. The maximum absolute atomic E-state index is 12.6. The number of aryl methyl sites for hydroxylation is 1. The maximum atomic E-state index is 12.6. The number of rotatable bonds is 5. The number of aromatic nitrogens is 2. The lowest BCUT2D eigenvalue weighted by Crippen LogP contribution is -2.54. The van der Waals surface area contributed by atoms with Crippen molar-refractivity contribution in [3.8, 4) is 0 Å². The molecule has 1 N–H and O–H groups in total. The van der Waals surface area contributed by atoms with Gasteiger partial charge in [-0.05, 0) is 52.1 Å². The Bertz CT molecular complexity index is 678. The van der Waals surface area contributed by atoms with Crippen molar-refractivity contribution >= 4 is 11.6 Å². The number of carbonyl (C=O) groups excluding carboxylic acids is 1. The van der Waals surface area contributed by atoms with E-state index in [4.69, 9.17) is 0 Å². The number of hydrogen-bond donors (Lipinski definition) is 1. The molecule has 0 bridgehead atoms. The van der Waals surface area contributed by atoms with Gasteiger partial charge in [0.15, 0.2) is 0 Å². The second kappa shape index (κ2) is 7.15. The second-order valence-electron chi connectivity index (χ2n) is 7.74. The van der Waals surface area contributed by atoms with Gasteiger partial charge in [-0.2, -0.15) is 5.10 Å². The van der Waals surface area contributed by atoms with Crippen molar-refractivity contribution in [1.82, 2.24) is 20.0 Å². The molecule has 2 fully saturated rings. The SMILES string of the molecule is Cn1ncc(N2CCC(CNC(=O)C(C)(C)N3CCCC3)C2)cc1=O. The first-order chi connectivity index (χ1) is 11.9. The molecule has 1 unspecified atom stereocenters. The summed E-state index contributed by atoms with van der Waals surface area (Å²) in [6.45, 7) is 8.47. The normalized spacial score (nSPS) is 21.7. The molecule has 138 valence electrons. The molecule has 1 atom stereocenters. The largest absolute Gasteiger partial charge is 0.370 e. The molecule has 2 aliphatic rings. The van der Waals surface area contributed by atoms with Crippen LogP contribution in [-0.4, -0.2) is 58.9 Å². The molecule has 25 heavy (non-hydrogen) atoms. The van der Waals surface area contributed by atoms with Gasteiger partial charge in [0.05, 0.1) is 17.4 Å². The minimum Gasteiger partial charge on any atom is -0.370 e. The Morgan fingerprint density at radius 3 is 2.72 bits per heavy atom. The fourth-order valence-corrected chi connectivity index (χ4v) is 3.74. The lowest BCUT2D eigenvalue weighted by molar-refractivity contribution is -0.131. The summed E-state index contributed by atoms with van der Waals surface area (Å²) in [5, 5.41) is 7.23. The van der Waals surface area contributed by atoms with Crippen LogP contribution in [0, 0.1) is 5.92 Å². The highest BCUT2D eigenvalue weighted by Crippen LogP contribution is 2.23. The number of amides is 1. The Balaban J connectivity index is 1.52. The number of hydrogen-bond acceptors (Lipinski definition) is 5. The van der Waals surface area contributed by atoms with Gasteiger partial charge < -0.3 is 10.2 Å². The molecular weight excluding hydrogens is 318 g/mol. The van der Waals surface area contributed by atoms with Gasteiger partial charge in [-0.1, -0.05) is 0 Å². The Hall–Kier alpha value is -1.89. The van der Waals surface area contributed by atoms with Crippen molar-refractivity contribution in [2.75, 3.05) is 37.6 Å². The van der Waals surface area contributed by atoms with E-state index in [2.05, 4.69) is 20.2 Å². The highest BCUT2D eigenvalue weighted by Gasteiger charge is 2.36. The summed E-state index contributed by atoms with van der Waals surface area (Å²) in [5.41, 5.74) is 0.334. The van der Waals surface area contributed by atoms with Crippen LogP contribution in [0.25, 0.3) is 0 Å². The Labute approximate surface area is 149 Å². The summed E-state index contributed by atoms with van der Waals surface area (Å²) < 4.78 is 1.33. The van der Waals surface area contributed by atoms with Crippen molar-refractivity contribution in [3.63, 3.8) is 0 Å². The average Bonchev–Trinajstić information content (AvgIpc) is 3.27. The lowest BCUT2D eigenvalue weighted by atomic mass is 10.0. The van der Waals surface area contributed by atoms with Crippen LogP contribution in [0.15, 0.2) is 17.1 Å². The molecule has 3 heterocycles. The van der Waals surface area contributed by atoms with E-state index in [9.17, 15) is 9.59 Å². The first kappa shape index (κ1) is 17.9. The van der Waals surface area contributed by atoms with E-state index in [1.807, 2.05) is 13.8 Å². The third-order valence-corrected chi connectivity index (χ3v) is 5.61. The number of nitrogens with zero attached hydrogens (tertiary/aromatic N) is 4. The van der Waals surface area contributed by atoms with Gasteiger partial charge in [0.2, 0.25) is 5.91 Å². The highest BCUT2D eigenvalue weighted by molar-refractivity contribution is 5.85. The van der Waals surface area contributed by atoms with E-state index in [0.29, 0.717) is 12.5 Å². The average molecular weight is 347 g/mol. The molecule has 0 saturated carbocycles. The standard InChI is InChI=1S/C18H29N5O2/c1-18(2,23-7-4-5-8-23)17(25)19-11-14-6-9-22(13-14)15-10-16(24)21(3)20-12-15/h10,12,14H,4-9,11,13H2,1-3H3,(H,19,25). The van der Waals surface area contributed by atoms with Gasteiger partial charge in [0, 0.05) is 32.7 Å². The zero-order chi connectivity index (χ0) is 18.0. The van der Waals surface area contributed by atoms with Gasteiger partial charge in [0.1, 0.15) is 0 Å². The van der Waals surface area contributed by atoms with E-state index in [1.165, 1.54) is 17.5 Å². The number of carbonyl (C=O) groups is 1. The molecule has 7 nitrogen and oxygen atoms in total. The molecule has 1 amide bonds. The van der Waals surface area contributed by atoms with E-state index in [-0.39, 0.29) is 11.5 Å². The molecule has 2 aliphatic heterocycles. The van der Waals surface area contributed by atoms with Gasteiger partial charge in [-0.15, -0.1) is 0 Å². The van der Waals surface area contributed by atoms with E-state index < -0.39 is 5.54 Å². The van der Waals surface area contributed by atoms with Crippen molar-refractivity contribution in [1.29, 1.82) is 0 Å². The van der Waals surface area contributed by atoms with Crippen LogP contribution in [0.3, 0.4) is 0 Å². The summed E-state index contributed by atoms with van der Waals surface area (Å²) >= 11 is 0. The van der Waals surface area contributed by atoms with Crippen LogP contribution < -0.4 is 15.8 Å². The van der Waals surface area contributed by atoms with Crippen molar-refractivity contribution in [2.45, 2.75) is 38.6 Å². The molecule has 0 radical (unpaired) electrons. The fourth-order valence-electron chi connectivity index (χ4n) is 3.74. The lowest BCUT2D eigenvalue weighted by Gasteiger charge is -2.34. The molecule has 2 saturated heterocycles. The molecule has 7 heteroatoms. The van der Waals surface area contributed by atoms with Crippen molar-refractivity contribution in [2.24, 2.45) is 13.0 Å². The Morgan fingerprint density at radius 2 is 2.04 bits per heavy atom. The van der Waals surface area contributed by atoms with Gasteiger partial charge in [0.25, 0.3) is 5.56 Å². The zero-order valence-corrected chi connectivity index (χ0v) is 15.5. The first-order valence-electron chi connectivity index (χ1n) is 9.19. The summed E-state index contributed by atoms with van der Waals surface area (Å²) in [6.07, 6.45) is 5.11. The van der Waals surface area contributed by atoms with E-state index in [0.717, 1.165) is 38.3 Å². The number of anilines is 1. The van der Waals surface area contributed by atoms with Crippen LogP contribution >= 0.6 is 0 Å². The molecule has 1 aromatic rings. The molecule has 0 spiro atoms. The minimum absolute atomic E-state index is 0.0957. The number of nitrogens with one attached hydrogen (secondary N) is 1. The molecule has 0 aliphatic carbocycles. The van der Waals surface area contributed by atoms with Crippen LogP contribution in [0.4, 0.5) is 5.69 Å². The predicted molar refractivity (Wildman–Crippen MR) is 97.7 cm³/mol.